The van der Waals surface area contributed by atoms with Crippen molar-refractivity contribution < 1.29 is 13.9 Å². The number of methoxy groups -OCH3 is 1. The number of benzene rings is 1. The molecule has 0 saturated carbocycles. The average Bonchev–Trinajstić information content (AvgIpc) is 3.11. The highest BCUT2D eigenvalue weighted by atomic mass is 16.5. The van der Waals surface area contributed by atoms with Crippen molar-refractivity contribution in [3.63, 3.8) is 0 Å². The number of rotatable bonds is 6. The summed E-state index contributed by atoms with van der Waals surface area (Å²) < 4.78 is 16.0. The Balaban J connectivity index is 1.67. The van der Waals surface area contributed by atoms with Gasteiger partial charge < -0.3 is 19.2 Å². The van der Waals surface area contributed by atoms with Gasteiger partial charge in [0.15, 0.2) is 0 Å². The van der Waals surface area contributed by atoms with Gasteiger partial charge in [0.2, 0.25) is 5.89 Å². The van der Waals surface area contributed by atoms with Crippen molar-refractivity contribution in [2.24, 2.45) is 0 Å². The van der Waals surface area contributed by atoms with Crippen LogP contribution in [0.2, 0.25) is 0 Å². The molecule has 20 heavy (non-hydrogen) atoms. The zero-order valence-corrected chi connectivity index (χ0v) is 11.5. The lowest BCUT2D eigenvalue weighted by Gasteiger charge is -2.01. The maximum Gasteiger partial charge on any atom is 0.226 e. The van der Waals surface area contributed by atoms with Crippen LogP contribution < -0.4 is 10.1 Å². The molecule has 0 atom stereocenters. The van der Waals surface area contributed by atoms with E-state index in [0.717, 1.165) is 36.6 Å². The van der Waals surface area contributed by atoms with Crippen LogP contribution in [0.25, 0.3) is 11.5 Å². The van der Waals surface area contributed by atoms with Gasteiger partial charge in [-0.1, -0.05) is 0 Å². The molecule has 2 heterocycles. The van der Waals surface area contributed by atoms with E-state index in [-0.39, 0.29) is 0 Å². The molecular formula is C15H18N2O3. The molecule has 5 nitrogen and oxygen atoms in total. The van der Waals surface area contributed by atoms with Crippen LogP contribution in [0.5, 0.6) is 5.75 Å². The molecule has 0 aliphatic carbocycles. The van der Waals surface area contributed by atoms with E-state index in [1.807, 2.05) is 12.1 Å². The monoisotopic (exact) mass is 274 g/mol. The summed E-state index contributed by atoms with van der Waals surface area (Å²) in [5.74, 6) is 1.63. The number of fused-ring (bicyclic) bond motifs is 1. The van der Waals surface area contributed by atoms with Gasteiger partial charge in [0, 0.05) is 32.2 Å². The Morgan fingerprint density at radius 3 is 3.25 bits per heavy atom. The molecule has 0 spiro atoms. The number of nitrogens with zero attached hydrogens (tertiary/aromatic N) is 1. The van der Waals surface area contributed by atoms with Gasteiger partial charge in [-0.15, -0.1) is 0 Å². The second kappa shape index (κ2) is 6.07. The van der Waals surface area contributed by atoms with Gasteiger partial charge >= 0.3 is 0 Å². The van der Waals surface area contributed by atoms with Crippen molar-refractivity contribution >= 4 is 0 Å². The van der Waals surface area contributed by atoms with Crippen LogP contribution in [0, 0.1) is 0 Å². The van der Waals surface area contributed by atoms with Crippen molar-refractivity contribution in [1.82, 2.24) is 10.3 Å². The molecule has 0 saturated heterocycles. The predicted molar refractivity (Wildman–Crippen MR) is 74.7 cm³/mol. The number of hydrogen-bond acceptors (Lipinski definition) is 5. The van der Waals surface area contributed by atoms with Crippen LogP contribution in [-0.2, 0) is 17.7 Å². The van der Waals surface area contributed by atoms with Crippen LogP contribution in [0.1, 0.15) is 11.3 Å². The second-order valence-corrected chi connectivity index (χ2v) is 4.73. The highest BCUT2D eigenvalue weighted by molar-refractivity contribution is 5.58. The summed E-state index contributed by atoms with van der Waals surface area (Å²) in [7, 11) is 1.69. The zero-order chi connectivity index (χ0) is 13.8. The summed E-state index contributed by atoms with van der Waals surface area (Å²) in [6.07, 6.45) is 2.65. The van der Waals surface area contributed by atoms with Crippen LogP contribution in [0.3, 0.4) is 0 Å². The Kier molecular flexibility index (Phi) is 3.99. The van der Waals surface area contributed by atoms with E-state index < -0.39 is 0 Å². The van der Waals surface area contributed by atoms with E-state index >= 15 is 0 Å². The van der Waals surface area contributed by atoms with Crippen LogP contribution in [0.15, 0.2) is 28.9 Å². The van der Waals surface area contributed by atoms with Crippen molar-refractivity contribution in [2.75, 3.05) is 26.9 Å². The third-order valence-corrected chi connectivity index (χ3v) is 3.28. The molecule has 1 aliphatic heterocycles. The first-order valence-corrected chi connectivity index (χ1v) is 6.77. The maximum atomic E-state index is 5.54. The SMILES string of the molecule is COCCNCc1coc(-c2ccc3c(c2)CCO3)n1. The van der Waals surface area contributed by atoms with Gasteiger partial charge in [0.1, 0.15) is 12.0 Å². The van der Waals surface area contributed by atoms with E-state index in [2.05, 4.69) is 16.4 Å². The quantitative estimate of drug-likeness (QED) is 0.817. The number of nitrogens with one attached hydrogen (secondary N) is 1. The fourth-order valence-corrected chi connectivity index (χ4v) is 2.23. The van der Waals surface area contributed by atoms with E-state index in [1.54, 1.807) is 13.4 Å². The number of ether oxygens (including phenoxy) is 2. The molecule has 0 bridgehead atoms. The largest absolute Gasteiger partial charge is 0.493 e. The van der Waals surface area contributed by atoms with Gasteiger partial charge in [-0.05, 0) is 23.8 Å². The van der Waals surface area contributed by atoms with Crippen molar-refractivity contribution in [2.45, 2.75) is 13.0 Å². The highest BCUT2D eigenvalue weighted by Gasteiger charge is 2.14. The van der Waals surface area contributed by atoms with Crippen LogP contribution >= 0.6 is 0 Å². The van der Waals surface area contributed by atoms with Gasteiger partial charge in [-0.3, -0.25) is 0 Å². The molecule has 0 radical (unpaired) electrons. The van der Waals surface area contributed by atoms with E-state index in [1.165, 1.54) is 5.56 Å². The lowest BCUT2D eigenvalue weighted by Crippen LogP contribution is -2.18. The first-order chi connectivity index (χ1) is 9.86. The minimum Gasteiger partial charge on any atom is -0.493 e. The van der Waals surface area contributed by atoms with Crippen molar-refractivity contribution in [3.05, 3.63) is 35.7 Å². The standard InChI is InChI=1S/C15H18N2O3/c1-18-7-5-16-9-13-10-20-15(17-13)12-2-3-14-11(8-12)4-6-19-14/h2-3,8,10,16H,4-7,9H2,1H3. The predicted octanol–water partition coefficient (Wildman–Crippen LogP) is 2.01. The smallest absolute Gasteiger partial charge is 0.226 e. The third-order valence-electron chi connectivity index (χ3n) is 3.28. The topological polar surface area (TPSA) is 56.5 Å². The molecule has 1 aromatic carbocycles. The highest BCUT2D eigenvalue weighted by Crippen LogP contribution is 2.30. The normalized spacial score (nSPS) is 13.2. The second-order valence-electron chi connectivity index (χ2n) is 4.73. The molecule has 0 fully saturated rings. The third kappa shape index (κ3) is 2.84. The van der Waals surface area contributed by atoms with Crippen molar-refractivity contribution in [3.8, 4) is 17.2 Å². The Bertz CT molecular complexity index is 580. The molecule has 2 aromatic rings. The van der Waals surface area contributed by atoms with Crippen LogP contribution in [-0.4, -0.2) is 31.9 Å². The molecule has 0 unspecified atom stereocenters. The molecule has 1 N–H and O–H groups in total. The zero-order valence-electron chi connectivity index (χ0n) is 11.5. The number of hydrogen-bond donors (Lipinski definition) is 1. The Labute approximate surface area is 117 Å². The maximum absolute atomic E-state index is 5.54. The van der Waals surface area contributed by atoms with Crippen molar-refractivity contribution in [1.29, 1.82) is 0 Å². The first kappa shape index (κ1) is 13.1. The Morgan fingerprint density at radius 2 is 2.35 bits per heavy atom. The minimum absolute atomic E-state index is 0.656. The first-order valence-electron chi connectivity index (χ1n) is 6.77. The summed E-state index contributed by atoms with van der Waals surface area (Å²) in [4.78, 5) is 4.49. The fraction of sp³-hybridized carbons (Fsp3) is 0.400. The molecule has 106 valence electrons. The summed E-state index contributed by atoms with van der Waals surface area (Å²) >= 11 is 0. The van der Waals surface area contributed by atoms with E-state index in [4.69, 9.17) is 13.9 Å². The Hall–Kier alpha value is -1.85. The number of aromatic nitrogens is 1. The molecule has 3 rings (SSSR count). The summed E-state index contributed by atoms with van der Waals surface area (Å²) in [6, 6.07) is 6.06. The molecular weight excluding hydrogens is 256 g/mol. The van der Waals surface area contributed by atoms with E-state index in [9.17, 15) is 0 Å². The summed E-state index contributed by atoms with van der Waals surface area (Å²) in [5.41, 5.74) is 3.12. The molecule has 1 aliphatic rings. The van der Waals surface area contributed by atoms with Gasteiger partial charge in [0.05, 0.1) is 18.9 Å². The lowest BCUT2D eigenvalue weighted by molar-refractivity contribution is 0.199. The lowest BCUT2D eigenvalue weighted by atomic mass is 10.1. The van der Waals surface area contributed by atoms with E-state index in [0.29, 0.717) is 19.0 Å². The minimum atomic E-state index is 0.656. The summed E-state index contributed by atoms with van der Waals surface area (Å²) in [5, 5.41) is 3.24. The molecule has 0 amide bonds. The summed E-state index contributed by atoms with van der Waals surface area (Å²) in [6.45, 7) is 2.93. The number of oxazole rings is 1. The van der Waals surface area contributed by atoms with Gasteiger partial charge in [0.25, 0.3) is 0 Å². The molecule has 5 heteroatoms. The van der Waals surface area contributed by atoms with Gasteiger partial charge in [-0.2, -0.15) is 0 Å². The Morgan fingerprint density at radius 1 is 1.40 bits per heavy atom. The fourth-order valence-electron chi connectivity index (χ4n) is 2.23. The van der Waals surface area contributed by atoms with Crippen LogP contribution in [0.4, 0.5) is 0 Å². The molecule has 1 aromatic heterocycles. The van der Waals surface area contributed by atoms with Gasteiger partial charge in [-0.25, -0.2) is 4.98 Å². The average molecular weight is 274 g/mol.